The molecule has 0 heterocycles. The third kappa shape index (κ3) is 4.96. The van der Waals surface area contributed by atoms with Crippen LogP contribution in [0.2, 0.25) is 5.02 Å². The molecular weight excluding hydrogens is 266 g/mol. The third-order valence-electron chi connectivity index (χ3n) is 2.38. The fraction of sp³-hybridized carbons (Fsp3) is 0.462. The zero-order chi connectivity index (χ0) is 14.4. The highest BCUT2D eigenvalue weighted by Crippen LogP contribution is 2.28. The van der Waals surface area contributed by atoms with Crippen LogP contribution in [0.5, 0.6) is 0 Å². The van der Waals surface area contributed by atoms with Crippen molar-refractivity contribution in [3.63, 3.8) is 0 Å². The van der Waals surface area contributed by atoms with Gasteiger partial charge >= 0.3 is 0 Å². The van der Waals surface area contributed by atoms with E-state index in [0.29, 0.717) is 42.1 Å². The molecule has 1 aromatic rings. The van der Waals surface area contributed by atoms with E-state index in [1.807, 2.05) is 0 Å². The summed E-state index contributed by atoms with van der Waals surface area (Å²) in [6.07, 6.45) is 0. The van der Waals surface area contributed by atoms with Crippen LogP contribution < -0.4 is 16.8 Å². The molecule has 106 valence electrons. The second-order valence-electron chi connectivity index (χ2n) is 4.69. The summed E-state index contributed by atoms with van der Waals surface area (Å²) in [5.41, 5.74) is 12.1. The molecule has 0 saturated carbocycles. The number of benzene rings is 1. The maximum Gasteiger partial charge on any atom is 0.250 e. The first kappa shape index (κ1) is 15.6. The topological polar surface area (TPSA) is 90.4 Å². The van der Waals surface area contributed by atoms with Gasteiger partial charge < -0.3 is 21.5 Å². The van der Waals surface area contributed by atoms with Crippen LogP contribution in [0, 0.1) is 5.92 Å². The number of anilines is 2. The van der Waals surface area contributed by atoms with E-state index in [4.69, 9.17) is 27.8 Å². The molecule has 1 rings (SSSR count). The van der Waals surface area contributed by atoms with Crippen molar-refractivity contribution in [2.45, 2.75) is 13.8 Å². The van der Waals surface area contributed by atoms with Crippen LogP contribution in [0.3, 0.4) is 0 Å². The molecule has 0 saturated heterocycles. The van der Waals surface area contributed by atoms with Crippen molar-refractivity contribution in [2.75, 3.05) is 30.8 Å². The quantitative estimate of drug-likeness (QED) is 0.528. The normalized spacial score (nSPS) is 10.7. The van der Waals surface area contributed by atoms with Gasteiger partial charge in [0, 0.05) is 18.8 Å². The Morgan fingerprint density at radius 1 is 1.47 bits per heavy atom. The first-order valence-corrected chi connectivity index (χ1v) is 6.50. The summed E-state index contributed by atoms with van der Waals surface area (Å²) < 4.78 is 5.43. The number of carbonyl (C=O) groups excluding carboxylic acids is 1. The molecule has 1 amide bonds. The number of rotatable bonds is 7. The van der Waals surface area contributed by atoms with Crippen molar-refractivity contribution in [3.05, 3.63) is 22.7 Å². The number of nitrogen functional groups attached to an aromatic ring is 1. The summed E-state index contributed by atoms with van der Waals surface area (Å²) in [6, 6.07) is 3.08. The first-order valence-electron chi connectivity index (χ1n) is 6.12. The maximum atomic E-state index is 11.3. The molecule has 0 aliphatic carbocycles. The molecular formula is C13H20ClN3O2. The van der Waals surface area contributed by atoms with Crippen molar-refractivity contribution in [1.29, 1.82) is 0 Å². The lowest BCUT2D eigenvalue weighted by atomic mass is 10.1. The molecule has 0 aliphatic rings. The fourth-order valence-corrected chi connectivity index (χ4v) is 1.86. The van der Waals surface area contributed by atoms with E-state index >= 15 is 0 Å². The van der Waals surface area contributed by atoms with Crippen molar-refractivity contribution >= 4 is 28.9 Å². The summed E-state index contributed by atoms with van der Waals surface area (Å²) in [4.78, 5) is 11.3. The molecule has 0 fully saturated rings. The molecule has 0 spiro atoms. The highest BCUT2D eigenvalue weighted by atomic mass is 35.5. The van der Waals surface area contributed by atoms with Gasteiger partial charge in [0.1, 0.15) is 0 Å². The molecule has 0 aliphatic heterocycles. The Bertz CT molecular complexity index is 450. The van der Waals surface area contributed by atoms with Gasteiger partial charge in [0.2, 0.25) is 0 Å². The van der Waals surface area contributed by atoms with Crippen LogP contribution in [0.15, 0.2) is 12.1 Å². The van der Waals surface area contributed by atoms with Gasteiger partial charge in [-0.3, -0.25) is 4.79 Å². The standard InChI is InChI=1S/C13H20ClN3O2/c1-8(2)7-19-4-3-17-12-10(13(16)18)5-9(15)6-11(12)14/h5-6,8,17H,3-4,7,15H2,1-2H3,(H2,16,18). The third-order valence-corrected chi connectivity index (χ3v) is 2.68. The minimum absolute atomic E-state index is 0.286. The number of amides is 1. The number of hydrogen-bond donors (Lipinski definition) is 3. The lowest BCUT2D eigenvalue weighted by Crippen LogP contribution is -2.18. The monoisotopic (exact) mass is 285 g/mol. The Labute approximate surface area is 118 Å². The van der Waals surface area contributed by atoms with Crippen LogP contribution in [-0.4, -0.2) is 25.7 Å². The van der Waals surface area contributed by atoms with Crippen molar-refractivity contribution < 1.29 is 9.53 Å². The predicted molar refractivity (Wildman–Crippen MR) is 78.5 cm³/mol. The summed E-state index contributed by atoms with van der Waals surface area (Å²) in [5, 5.41) is 3.42. The first-order chi connectivity index (χ1) is 8.91. The summed E-state index contributed by atoms with van der Waals surface area (Å²) in [5.74, 6) is -0.0823. The van der Waals surface area contributed by atoms with Gasteiger partial charge in [0.25, 0.3) is 5.91 Å². The average Bonchev–Trinajstić information content (AvgIpc) is 2.29. The molecule has 0 unspecified atom stereocenters. The van der Waals surface area contributed by atoms with E-state index in [1.165, 1.54) is 6.07 Å². The van der Waals surface area contributed by atoms with E-state index in [0.717, 1.165) is 0 Å². The van der Waals surface area contributed by atoms with Gasteiger partial charge in [-0.15, -0.1) is 0 Å². The molecule has 0 aromatic heterocycles. The Morgan fingerprint density at radius 3 is 2.74 bits per heavy atom. The summed E-state index contributed by atoms with van der Waals surface area (Å²) in [7, 11) is 0. The van der Waals surface area contributed by atoms with E-state index < -0.39 is 5.91 Å². The van der Waals surface area contributed by atoms with E-state index in [2.05, 4.69) is 19.2 Å². The number of primary amides is 1. The number of nitrogens with one attached hydrogen (secondary N) is 1. The van der Waals surface area contributed by atoms with Crippen LogP contribution in [0.4, 0.5) is 11.4 Å². The Balaban J connectivity index is 2.64. The van der Waals surface area contributed by atoms with Gasteiger partial charge in [-0.1, -0.05) is 25.4 Å². The van der Waals surface area contributed by atoms with Crippen molar-refractivity contribution in [2.24, 2.45) is 11.7 Å². The molecule has 5 nitrogen and oxygen atoms in total. The highest BCUT2D eigenvalue weighted by Gasteiger charge is 2.12. The van der Waals surface area contributed by atoms with E-state index in [-0.39, 0.29) is 5.56 Å². The molecule has 0 atom stereocenters. The summed E-state index contributed by atoms with van der Waals surface area (Å²) in [6.45, 7) is 5.92. The Hall–Kier alpha value is -1.46. The van der Waals surface area contributed by atoms with Crippen LogP contribution >= 0.6 is 11.6 Å². The smallest absolute Gasteiger partial charge is 0.250 e. The van der Waals surface area contributed by atoms with Crippen LogP contribution in [0.25, 0.3) is 0 Å². The van der Waals surface area contributed by atoms with Crippen molar-refractivity contribution in [1.82, 2.24) is 0 Å². The van der Waals surface area contributed by atoms with Gasteiger partial charge in [-0.25, -0.2) is 0 Å². The zero-order valence-corrected chi connectivity index (χ0v) is 12.0. The number of carbonyl (C=O) groups is 1. The SMILES string of the molecule is CC(C)COCCNc1c(Cl)cc(N)cc1C(N)=O. The van der Waals surface area contributed by atoms with Gasteiger partial charge in [0.15, 0.2) is 0 Å². The van der Waals surface area contributed by atoms with E-state index in [9.17, 15) is 4.79 Å². The number of halogens is 1. The highest BCUT2D eigenvalue weighted by molar-refractivity contribution is 6.34. The molecule has 0 bridgehead atoms. The average molecular weight is 286 g/mol. The largest absolute Gasteiger partial charge is 0.399 e. The fourth-order valence-electron chi connectivity index (χ4n) is 1.57. The van der Waals surface area contributed by atoms with Crippen molar-refractivity contribution in [3.8, 4) is 0 Å². The van der Waals surface area contributed by atoms with E-state index in [1.54, 1.807) is 6.07 Å². The molecule has 0 radical (unpaired) electrons. The Kier molecular flexibility index (Phi) is 5.92. The molecule has 6 heteroatoms. The lowest BCUT2D eigenvalue weighted by Gasteiger charge is -2.13. The van der Waals surface area contributed by atoms with Gasteiger partial charge in [-0.05, 0) is 18.1 Å². The lowest BCUT2D eigenvalue weighted by molar-refractivity contribution is 0.100. The zero-order valence-electron chi connectivity index (χ0n) is 11.2. The minimum Gasteiger partial charge on any atom is -0.399 e. The second kappa shape index (κ2) is 7.21. The molecule has 5 N–H and O–H groups in total. The summed E-state index contributed by atoms with van der Waals surface area (Å²) >= 11 is 6.05. The Morgan fingerprint density at radius 2 is 2.16 bits per heavy atom. The van der Waals surface area contributed by atoms with Crippen LogP contribution in [0.1, 0.15) is 24.2 Å². The maximum absolute atomic E-state index is 11.3. The molecule has 19 heavy (non-hydrogen) atoms. The second-order valence-corrected chi connectivity index (χ2v) is 5.09. The van der Waals surface area contributed by atoms with Crippen LogP contribution in [-0.2, 0) is 4.74 Å². The number of ether oxygens (including phenoxy) is 1. The predicted octanol–water partition coefficient (Wildman–Crippen LogP) is 2.11. The van der Waals surface area contributed by atoms with Gasteiger partial charge in [-0.2, -0.15) is 0 Å². The van der Waals surface area contributed by atoms with Gasteiger partial charge in [0.05, 0.1) is 22.9 Å². The number of hydrogen-bond acceptors (Lipinski definition) is 4. The molecule has 1 aromatic carbocycles. The minimum atomic E-state index is -0.570. The number of nitrogens with two attached hydrogens (primary N) is 2.